The third kappa shape index (κ3) is 13.1. The van der Waals surface area contributed by atoms with E-state index in [0.717, 1.165) is 0 Å². The second kappa shape index (κ2) is 19.6. The molecule has 0 aliphatic rings. The van der Waals surface area contributed by atoms with Crippen molar-refractivity contribution in [2.45, 2.75) is 12.2 Å². The van der Waals surface area contributed by atoms with E-state index in [1.165, 1.54) is 11.0 Å². The number of rotatable bonds is 3. The summed E-state index contributed by atoms with van der Waals surface area (Å²) in [6.07, 6.45) is 3.27. The zero-order valence-electron chi connectivity index (χ0n) is 22.7. The van der Waals surface area contributed by atoms with Gasteiger partial charge in [-0.1, -0.05) is 72.8 Å². The van der Waals surface area contributed by atoms with E-state index in [1.807, 2.05) is 146 Å². The van der Waals surface area contributed by atoms with E-state index < -0.39 is 24.1 Å². The van der Waals surface area contributed by atoms with Crippen molar-refractivity contribution in [3.63, 3.8) is 0 Å². The van der Waals surface area contributed by atoms with Crippen LogP contribution in [0.4, 0.5) is 0 Å². The minimum absolute atomic E-state index is 1.23. The zero-order valence-corrected chi connectivity index (χ0v) is 22.7. The molecule has 214 valence electrons. The summed E-state index contributed by atoms with van der Waals surface area (Å²) in [5.41, 5.74) is 2.45. The van der Waals surface area contributed by atoms with Crippen LogP contribution in [0.2, 0.25) is 0 Å². The van der Waals surface area contributed by atoms with Crippen LogP contribution in [0.25, 0.3) is 11.0 Å². The molecule has 0 spiro atoms. The number of fused-ring (bicyclic) bond motifs is 2. The van der Waals surface area contributed by atoms with E-state index >= 15 is 0 Å². The number of carboxylic acids is 2. The quantitative estimate of drug-likeness (QED) is 0.313. The van der Waals surface area contributed by atoms with Crippen LogP contribution in [0.5, 0.6) is 0 Å². The highest BCUT2D eigenvalue weighted by molar-refractivity contribution is 5.80. The second-order valence-electron chi connectivity index (χ2n) is 8.30. The molecule has 0 amide bonds. The molecule has 6 aromatic rings. The molecule has 42 heavy (non-hydrogen) atoms. The molecule has 8 nitrogen and oxygen atoms in total. The molecular formula is C34H32N2O6. The van der Waals surface area contributed by atoms with E-state index in [1.54, 1.807) is 0 Å². The van der Waals surface area contributed by atoms with Crippen molar-refractivity contribution in [1.82, 2.24) is 0 Å². The first-order valence-corrected chi connectivity index (χ1v) is 12.9. The SMILES string of the molecule is O=C([O-])C(O)C(O)C(=O)[O-].c1cc[n+]2ccccc2c1.c1cc[n+]2ccccc2c1.c1ccccc1.c1ccccc1. The lowest BCUT2D eigenvalue weighted by Crippen LogP contribution is -2.51. The van der Waals surface area contributed by atoms with E-state index in [4.69, 9.17) is 10.2 Å². The monoisotopic (exact) mass is 564 g/mol. The van der Waals surface area contributed by atoms with Crippen LogP contribution in [0.15, 0.2) is 170 Å². The second-order valence-corrected chi connectivity index (χ2v) is 8.30. The minimum Gasteiger partial charge on any atom is -0.547 e. The molecule has 2 N–H and O–H groups in total. The molecule has 0 radical (unpaired) electrons. The summed E-state index contributed by atoms with van der Waals surface area (Å²) in [6, 6.07) is 48.6. The molecule has 4 heterocycles. The largest absolute Gasteiger partial charge is 0.547 e. The summed E-state index contributed by atoms with van der Waals surface area (Å²) < 4.78 is 4.17. The third-order valence-corrected chi connectivity index (χ3v) is 5.21. The number of aromatic nitrogens is 2. The molecule has 0 aliphatic carbocycles. The number of hydrogen-bond donors (Lipinski definition) is 2. The zero-order chi connectivity index (χ0) is 30.4. The van der Waals surface area contributed by atoms with E-state index in [-0.39, 0.29) is 0 Å². The van der Waals surface area contributed by atoms with E-state index in [9.17, 15) is 19.8 Å². The van der Waals surface area contributed by atoms with Crippen molar-refractivity contribution in [3.05, 3.63) is 170 Å². The number of pyridine rings is 4. The molecule has 0 saturated carbocycles. The van der Waals surface area contributed by atoms with Gasteiger partial charge in [0.25, 0.3) is 0 Å². The fraction of sp³-hybridized carbons (Fsp3) is 0.0588. The number of aliphatic hydroxyl groups is 2. The van der Waals surface area contributed by atoms with Crippen molar-refractivity contribution in [2.75, 3.05) is 0 Å². The van der Waals surface area contributed by atoms with Gasteiger partial charge in [-0.15, -0.1) is 0 Å². The molecule has 8 heteroatoms. The number of nitrogens with zero attached hydrogens (tertiary/aromatic N) is 2. The Kier molecular flexibility index (Phi) is 15.3. The van der Waals surface area contributed by atoms with Gasteiger partial charge in [-0.25, -0.2) is 0 Å². The van der Waals surface area contributed by atoms with Crippen LogP contribution in [0.3, 0.4) is 0 Å². The molecular weight excluding hydrogens is 532 g/mol. The Morgan fingerprint density at radius 1 is 0.429 bits per heavy atom. The van der Waals surface area contributed by atoms with Gasteiger partial charge >= 0.3 is 0 Å². The van der Waals surface area contributed by atoms with E-state index in [2.05, 4.69) is 33.1 Å². The van der Waals surface area contributed by atoms with Crippen molar-refractivity contribution in [1.29, 1.82) is 0 Å². The predicted octanol–water partition coefficient (Wildman–Crippen LogP) is 1.43. The first-order valence-electron chi connectivity index (χ1n) is 12.9. The standard InChI is InChI=1S/2C9H8N.2C6H6.C4H6O6/c2*1-3-7-10-8-4-2-6-9(10)5-1;2*1-2-4-6-5-3-1;5-1(3(7)8)2(6)4(9)10/h2*1-8H;2*1-6H;1-2,5-6H,(H,7,8)(H,9,10)/q2*+1;;;/p-2. The summed E-state index contributed by atoms with van der Waals surface area (Å²) in [7, 11) is 0. The van der Waals surface area contributed by atoms with Crippen LogP contribution < -0.4 is 19.0 Å². The van der Waals surface area contributed by atoms with Crippen LogP contribution in [0.1, 0.15) is 0 Å². The fourth-order valence-corrected chi connectivity index (χ4v) is 3.11. The number of carbonyl (C=O) groups is 2. The van der Waals surface area contributed by atoms with Crippen LogP contribution >= 0.6 is 0 Å². The number of benzene rings is 2. The molecule has 0 aliphatic heterocycles. The van der Waals surface area contributed by atoms with E-state index in [0.29, 0.717) is 0 Å². The first-order chi connectivity index (χ1) is 20.4. The Hall–Kier alpha value is -5.44. The average molecular weight is 565 g/mol. The Balaban J connectivity index is 0.000000187. The summed E-state index contributed by atoms with van der Waals surface area (Å²) in [6.45, 7) is 0. The topological polar surface area (TPSA) is 129 Å². The lowest BCUT2D eigenvalue weighted by Gasteiger charge is -2.18. The maximum atomic E-state index is 9.63. The Morgan fingerprint density at radius 2 is 0.643 bits per heavy atom. The Labute approximate surface area is 244 Å². The molecule has 6 rings (SSSR count). The third-order valence-electron chi connectivity index (χ3n) is 5.21. The number of aliphatic carboxylic acids is 2. The lowest BCUT2D eigenvalue weighted by atomic mass is 10.2. The molecule has 2 aromatic carbocycles. The molecule has 2 atom stereocenters. The molecule has 2 unspecified atom stereocenters. The summed E-state index contributed by atoms with van der Waals surface area (Å²) in [4.78, 5) is 19.3. The maximum Gasteiger partial charge on any atom is 0.210 e. The van der Waals surface area contributed by atoms with Crippen molar-refractivity contribution in [3.8, 4) is 0 Å². The highest BCUT2D eigenvalue weighted by atomic mass is 16.4. The highest BCUT2D eigenvalue weighted by Crippen LogP contribution is 1.93. The molecule has 0 saturated heterocycles. The van der Waals surface area contributed by atoms with Crippen LogP contribution in [-0.4, -0.2) is 34.4 Å². The summed E-state index contributed by atoms with van der Waals surface area (Å²) in [5, 5.41) is 35.7. The Bertz CT molecular complexity index is 1280. The van der Waals surface area contributed by atoms with Crippen molar-refractivity contribution < 1.29 is 38.8 Å². The van der Waals surface area contributed by atoms with Crippen LogP contribution in [0, 0.1) is 0 Å². The summed E-state index contributed by atoms with van der Waals surface area (Å²) in [5.74, 6) is -4.12. The minimum atomic E-state index is -2.44. The molecule has 0 bridgehead atoms. The van der Waals surface area contributed by atoms with Gasteiger partial charge in [-0.3, -0.25) is 0 Å². The molecule has 4 aromatic heterocycles. The van der Waals surface area contributed by atoms with Gasteiger partial charge in [0, 0.05) is 48.5 Å². The first kappa shape index (κ1) is 32.8. The van der Waals surface area contributed by atoms with Gasteiger partial charge in [-0.2, -0.15) is 8.80 Å². The van der Waals surface area contributed by atoms with Gasteiger partial charge in [-0.05, 0) is 24.3 Å². The number of carboxylic acid groups (broad SMARTS) is 2. The Morgan fingerprint density at radius 3 is 0.810 bits per heavy atom. The van der Waals surface area contributed by atoms with Gasteiger partial charge < -0.3 is 30.0 Å². The van der Waals surface area contributed by atoms with Gasteiger partial charge in [0.15, 0.2) is 24.8 Å². The van der Waals surface area contributed by atoms with Crippen LogP contribution in [-0.2, 0) is 9.59 Å². The lowest BCUT2D eigenvalue weighted by molar-refractivity contribution is -0.512. The molecule has 0 fully saturated rings. The number of hydrogen-bond acceptors (Lipinski definition) is 6. The number of carbonyl (C=O) groups excluding carboxylic acids is 2. The average Bonchev–Trinajstić information content (AvgIpc) is 3.07. The highest BCUT2D eigenvalue weighted by Gasteiger charge is 2.17. The smallest absolute Gasteiger partial charge is 0.210 e. The summed E-state index contributed by atoms with van der Waals surface area (Å²) >= 11 is 0. The van der Waals surface area contributed by atoms with Gasteiger partial charge in [0.05, 0.1) is 11.9 Å². The maximum absolute atomic E-state index is 9.63. The van der Waals surface area contributed by atoms with Gasteiger partial charge in [0.1, 0.15) is 12.2 Å². The van der Waals surface area contributed by atoms with Crippen molar-refractivity contribution in [2.24, 2.45) is 0 Å². The predicted molar refractivity (Wildman–Crippen MR) is 154 cm³/mol. The van der Waals surface area contributed by atoms with Gasteiger partial charge in [0.2, 0.25) is 11.0 Å². The fourth-order valence-electron chi connectivity index (χ4n) is 3.11. The normalized spacial score (nSPS) is 10.8. The van der Waals surface area contributed by atoms with Crippen molar-refractivity contribution >= 4 is 23.0 Å². The number of aliphatic hydroxyl groups excluding tert-OH is 2.